The Balaban J connectivity index is 0.000000291. The molecule has 0 saturated carbocycles. The average molecular weight is 445 g/mol. The largest absolute Gasteiger partial charge is 0.478 e. The van der Waals surface area contributed by atoms with E-state index in [1.807, 2.05) is 0 Å². The number of hydrogen-bond acceptors (Lipinski definition) is 7. The molecule has 0 aliphatic rings. The molecule has 0 aromatic heterocycles. The maximum absolute atomic E-state index is 11.3. The molecule has 0 saturated heterocycles. The lowest BCUT2D eigenvalue weighted by Crippen LogP contribution is -2.06. The number of benzene rings is 2. The Morgan fingerprint density at radius 2 is 1.28 bits per heavy atom. The number of carboxylic acid groups (broad SMARTS) is 1. The Labute approximate surface area is 173 Å². The first kappa shape index (κ1) is 23.8. The van der Waals surface area contributed by atoms with Crippen molar-refractivity contribution in [2.45, 2.75) is 13.8 Å². The van der Waals surface area contributed by atoms with Crippen LogP contribution in [0.2, 0.25) is 10.0 Å². The summed E-state index contributed by atoms with van der Waals surface area (Å²) in [6, 6.07) is 4.86. The van der Waals surface area contributed by atoms with Crippen molar-refractivity contribution in [3.63, 3.8) is 0 Å². The van der Waals surface area contributed by atoms with Crippen LogP contribution < -0.4 is 0 Å². The molecule has 0 unspecified atom stereocenters. The third-order valence-electron chi connectivity index (χ3n) is 3.72. The van der Waals surface area contributed by atoms with Gasteiger partial charge in [0.25, 0.3) is 11.4 Å². The summed E-state index contributed by atoms with van der Waals surface area (Å²) in [5, 5.41) is 30.0. The zero-order valence-electron chi connectivity index (χ0n) is 15.3. The van der Waals surface area contributed by atoms with Crippen molar-refractivity contribution in [2.75, 3.05) is 7.11 Å². The molecule has 0 spiro atoms. The standard InChI is InChI=1S/C9H8ClNO4.C8H6ClNO4/c1-5-7(9(12)15-2)3-6(10)4-8(5)11(13)14;1-4-6(8(11)12)2-5(9)3-7(4)10(13)14/h3-4H,1-2H3;2-3H,1H3,(H,11,12). The van der Waals surface area contributed by atoms with Crippen LogP contribution in [-0.4, -0.2) is 34.0 Å². The third kappa shape index (κ3) is 5.87. The van der Waals surface area contributed by atoms with E-state index in [4.69, 9.17) is 28.3 Å². The SMILES string of the molecule is COC(=O)c1cc(Cl)cc([N+](=O)[O-])c1C.Cc1c(C(=O)O)cc(Cl)cc1[N+](=O)[O-]. The second-order valence-electron chi connectivity index (χ2n) is 5.51. The van der Waals surface area contributed by atoms with Crippen LogP contribution in [0.25, 0.3) is 0 Å². The van der Waals surface area contributed by atoms with Gasteiger partial charge in [0, 0.05) is 33.3 Å². The van der Waals surface area contributed by atoms with E-state index in [0.29, 0.717) is 0 Å². The number of aromatic carboxylic acids is 1. The minimum absolute atomic E-state index is 0.0414. The first-order valence-corrected chi connectivity index (χ1v) is 8.37. The van der Waals surface area contributed by atoms with Gasteiger partial charge >= 0.3 is 11.9 Å². The van der Waals surface area contributed by atoms with Crippen molar-refractivity contribution < 1.29 is 29.3 Å². The van der Waals surface area contributed by atoms with Gasteiger partial charge < -0.3 is 9.84 Å². The molecule has 0 radical (unpaired) electrons. The summed E-state index contributed by atoms with van der Waals surface area (Å²) < 4.78 is 4.49. The van der Waals surface area contributed by atoms with E-state index in [0.717, 1.165) is 6.07 Å². The summed E-state index contributed by atoms with van der Waals surface area (Å²) >= 11 is 11.2. The van der Waals surface area contributed by atoms with Gasteiger partial charge in [-0.1, -0.05) is 23.2 Å². The maximum atomic E-state index is 11.3. The molecule has 12 heteroatoms. The van der Waals surface area contributed by atoms with Gasteiger partial charge in [0.05, 0.1) is 28.1 Å². The minimum Gasteiger partial charge on any atom is -0.478 e. The normalized spacial score (nSPS) is 9.83. The van der Waals surface area contributed by atoms with Crippen LogP contribution in [0.1, 0.15) is 31.8 Å². The monoisotopic (exact) mass is 444 g/mol. The Morgan fingerprint density at radius 1 is 0.897 bits per heavy atom. The lowest BCUT2D eigenvalue weighted by Gasteiger charge is -2.04. The van der Waals surface area contributed by atoms with Crippen LogP contribution in [0.3, 0.4) is 0 Å². The van der Waals surface area contributed by atoms with Crippen molar-refractivity contribution in [3.8, 4) is 0 Å². The molecular weight excluding hydrogens is 431 g/mol. The number of hydrogen-bond donors (Lipinski definition) is 1. The van der Waals surface area contributed by atoms with Crippen molar-refractivity contribution in [1.82, 2.24) is 0 Å². The summed E-state index contributed by atoms with van der Waals surface area (Å²) in [6.07, 6.45) is 0. The highest BCUT2D eigenvalue weighted by Crippen LogP contribution is 2.27. The van der Waals surface area contributed by atoms with Crippen molar-refractivity contribution in [2.24, 2.45) is 0 Å². The van der Waals surface area contributed by atoms with Gasteiger partial charge in [-0.25, -0.2) is 9.59 Å². The summed E-state index contributed by atoms with van der Waals surface area (Å²) in [7, 11) is 1.20. The smallest absolute Gasteiger partial charge is 0.338 e. The number of nitro benzene ring substituents is 2. The highest BCUT2D eigenvalue weighted by atomic mass is 35.5. The number of ether oxygens (including phenoxy) is 1. The first-order valence-electron chi connectivity index (χ1n) is 7.61. The predicted octanol–water partition coefficient (Wildman–Crippen LogP) is 4.60. The molecule has 0 aliphatic carbocycles. The van der Waals surface area contributed by atoms with Gasteiger partial charge in [0.15, 0.2) is 0 Å². The van der Waals surface area contributed by atoms with Crippen LogP contribution in [0.4, 0.5) is 11.4 Å². The highest BCUT2D eigenvalue weighted by Gasteiger charge is 2.20. The molecular formula is C17H14Cl2N2O8. The number of nitrogens with zero attached hydrogens (tertiary/aromatic N) is 2. The van der Waals surface area contributed by atoms with E-state index in [9.17, 15) is 29.8 Å². The highest BCUT2D eigenvalue weighted by molar-refractivity contribution is 6.31. The van der Waals surface area contributed by atoms with Crippen molar-refractivity contribution in [1.29, 1.82) is 0 Å². The molecule has 154 valence electrons. The van der Waals surface area contributed by atoms with Gasteiger partial charge in [0.2, 0.25) is 0 Å². The topological polar surface area (TPSA) is 150 Å². The number of carbonyl (C=O) groups is 2. The molecule has 0 fully saturated rings. The zero-order valence-corrected chi connectivity index (χ0v) is 16.8. The fourth-order valence-corrected chi connectivity index (χ4v) is 2.68. The van der Waals surface area contributed by atoms with E-state index >= 15 is 0 Å². The van der Waals surface area contributed by atoms with Crippen LogP contribution in [0, 0.1) is 34.1 Å². The number of methoxy groups -OCH3 is 1. The quantitative estimate of drug-likeness (QED) is 0.408. The fraction of sp³-hybridized carbons (Fsp3) is 0.176. The number of halogens is 2. The molecule has 0 amide bonds. The molecule has 1 N–H and O–H groups in total. The number of carboxylic acids is 1. The van der Waals surface area contributed by atoms with E-state index in [-0.39, 0.29) is 43.7 Å². The third-order valence-corrected chi connectivity index (χ3v) is 4.16. The second-order valence-corrected chi connectivity index (χ2v) is 6.38. The summed E-state index contributed by atoms with van der Waals surface area (Å²) in [4.78, 5) is 41.8. The fourth-order valence-electron chi connectivity index (χ4n) is 2.25. The lowest BCUT2D eigenvalue weighted by atomic mass is 10.1. The van der Waals surface area contributed by atoms with Crippen LogP contribution in [0.15, 0.2) is 24.3 Å². The predicted molar refractivity (Wildman–Crippen MR) is 104 cm³/mol. The summed E-state index contributed by atoms with van der Waals surface area (Å²) in [6.45, 7) is 2.85. The summed E-state index contributed by atoms with van der Waals surface area (Å²) in [5.41, 5.74) is -0.165. The van der Waals surface area contributed by atoms with Crippen LogP contribution in [0.5, 0.6) is 0 Å². The van der Waals surface area contributed by atoms with Crippen molar-refractivity contribution in [3.05, 3.63) is 76.8 Å². The van der Waals surface area contributed by atoms with Gasteiger partial charge in [-0.2, -0.15) is 0 Å². The van der Waals surface area contributed by atoms with Crippen LogP contribution in [-0.2, 0) is 4.74 Å². The Bertz CT molecular complexity index is 972. The summed E-state index contributed by atoms with van der Waals surface area (Å²) in [5.74, 6) is -1.87. The number of nitro groups is 2. The van der Waals surface area contributed by atoms with E-state index in [2.05, 4.69) is 4.74 Å². The molecule has 0 heterocycles. The van der Waals surface area contributed by atoms with Gasteiger partial charge in [-0.05, 0) is 26.0 Å². The Hall–Kier alpha value is -3.24. The first-order chi connectivity index (χ1) is 13.4. The Kier molecular flexibility index (Phi) is 8.05. The number of esters is 1. The van der Waals surface area contributed by atoms with Gasteiger partial charge in [0.1, 0.15) is 0 Å². The Morgan fingerprint density at radius 3 is 1.62 bits per heavy atom. The van der Waals surface area contributed by atoms with Gasteiger partial charge in [-0.3, -0.25) is 20.2 Å². The molecule has 2 rings (SSSR count). The van der Waals surface area contributed by atoms with Crippen molar-refractivity contribution >= 4 is 46.5 Å². The zero-order chi connectivity index (χ0) is 22.5. The van der Waals surface area contributed by atoms with E-state index in [1.165, 1.54) is 39.2 Å². The van der Waals surface area contributed by atoms with Gasteiger partial charge in [-0.15, -0.1) is 0 Å². The molecule has 0 atom stereocenters. The molecule has 2 aromatic rings. The second kappa shape index (κ2) is 9.80. The lowest BCUT2D eigenvalue weighted by molar-refractivity contribution is -0.385. The maximum Gasteiger partial charge on any atom is 0.338 e. The molecule has 29 heavy (non-hydrogen) atoms. The van der Waals surface area contributed by atoms with Crippen LogP contribution >= 0.6 is 23.2 Å². The minimum atomic E-state index is -1.23. The number of rotatable bonds is 4. The van der Waals surface area contributed by atoms with E-state index in [1.54, 1.807) is 0 Å². The molecule has 2 aromatic carbocycles. The molecule has 0 aliphatic heterocycles. The van der Waals surface area contributed by atoms with E-state index < -0.39 is 21.8 Å². The average Bonchev–Trinajstić information content (AvgIpc) is 2.64. The number of carbonyl (C=O) groups excluding carboxylic acids is 1. The molecule has 0 bridgehead atoms. The molecule has 10 nitrogen and oxygen atoms in total.